The van der Waals surface area contributed by atoms with Gasteiger partial charge < -0.3 is 4.42 Å². The maximum absolute atomic E-state index is 10.2. The van der Waals surface area contributed by atoms with E-state index in [9.17, 15) is 4.79 Å². The Labute approximate surface area is 70.2 Å². The molecular formula is C8H9ClO2. The summed E-state index contributed by atoms with van der Waals surface area (Å²) in [5.41, 5.74) is 0. The molecule has 11 heavy (non-hydrogen) atoms. The molecule has 0 aromatic carbocycles. The molecule has 1 aromatic heterocycles. The summed E-state index contributed by atoms with van der Waals surface area (Å²) in [5, 5.41) is 0.530. The van der Waals surface area contributed by atoms with E-state index < -0.39 is 0 Å². The van der Waals surface area contributed by atoms with Crippen LogP contribution in [0.1, 0.15) is 36.1 Å². The van der Waals surface area contributed by atoms with Crippen molar-refractivity contribution in [2.24, 2.45) is 0 Å². The lowest BCUT2D eigenvalue weighted by Gasteiger charge is -1.98. The van der Waals surface area contributed by atoms with Crippen molar-refractivity contribution in [2.45, 2.75) is 19.8 Å². The molecule has 0 aliphatic carbocycles. The molecule has 0 aliphatic rings. The number of carbonyl (C=O) groups excluding carboxylic acids is 1. The van der Waals surface area contributed by atoms with Crippen LogP contribution in [0.4, 0.5) is 0 Å². The predicted molar refractivity (Wildman–Crippen MR) is 43.2 cm³/mol. The molecule has 60 valence electrons. The molecule has 0 spiro atoms. The second kappa shape index (κ2) is 3.09. The third-order valence-corrected chi connectivity index (χ3v) is 1.67. The zero-order valence-corrected chi connectivity index (χ0v) is 7.18. The summed E-state index contributed by atoms with van der Waals surface area (Å²) >= 11 is 5.77. The van der Waals surface area contributed by atoms with Crippen LogP contribution >= 0.6 is 11.6 Å². The van der Waals surface area contributed by atoms with Gasteiger partial charge in [-0.2, -0.15) is 0 Å². The molecule has 0 fully saturated rings. The van der Waals surface area contributed by atoms with E-state index in [1.54, 1.807) is 0 Å². The largest absolute Gasteiger partial charge is 0.456 e. The van der Waals surface area contributed by atoms with E-state index in [0.29, 0.717) is 22.8 Å². The van der Waals surface area contributed by atoms with E-state index in [4.69, 9.17) is 16.0 Å². The number of hydrogen-bond donors (Lipinski definition) is 0. The summed E-state index contributed by atoms with van der Waals surface area (Å²) in [6, 6.07) is 1.53. The van der Waals surface area contributed by atoms with Gasteiger partial charge in [-0.25, -0.2) is 0 Å². The smallest absolute Gasteiger partial charge is 0.185 e. The lowest BCUT2D eigenvalue weighted by Crippen LogP contribution is -1.82. The minimum absolute atomic E-state index is 0.219. The van der Waals surface area contributed by atoms with Gasteiger partial charge in [0.15, 0.2) is 12.0 Å². The van der Waals surface area contributed by atoms with Crippen molar-refractivity contribution in [3.05, 3.63) is 22.6 Å². The quantitative estimate of drug-likeness (QED) is 0.643. The molecule has 0 saturated carbocycles. The first kappa shape index (κ1) is 8.34. The summed E-state index contributed by atoms with van der Waals surface area (Å²) in [4.78, 5) is 10.2. The Kier molecular flexibility index (Phi) is 2.35. The van der Waals surface area contributed by atoms with Crippen molar-refractivity contribution in [3.63, 3.8) is 0 Å². The van der Waals surface area contributed by atoms with Gasteiger partial charge in [0.25, 0.3) is 0 Å². The number of rotatable bonds is 2. The van der Waals surface area contributed by atoms with Crippen LogP contribution in [0.5, 0.6) is 0 Å². The lowest BCUT2D eigenvalue weighted by molar-refractivity contribution is 0.109. The van der Waals surface area contributed by atoms with Crippen molar-refractivity contribution < 1.29 is 9.21 Å². The molecule has 0 aliphatic heterocycles. The second-order valence-electron chi connectivity index (χ2n) is 2.63. The molecular weight excluding hydrogens is 164 g/mol. The Morgan fingerprint density at radius 2 is 2.27 bits per heavy atom. The van der Waals surface area contributed by atoms with Crippen LogP contribution in [0.25, 0.3) is 0 Å². The van der Waals surface area contributed by atoms with Crippen LogP contribution in [0, 0.1) is 0 Å². The highest BCUT2D eigenvalue weighted by molar-refractivity contribution is 6.31. The Balaban J connectivity index is 3.06. The monoisotopic (exact) mass is 172 g/mol. The topological polar surface area (TPSA) is 30.2 Å². The molecule has 1 heterocycles. The van der Waals surface area contributed by atoms with Gasteiger partial charge in [-0.3, -0.25) is 4.79 Å². The van der Waals surface area contributed by atoms with E-state index in [1.165, 1.54) is 6.07 Å². The number of furan rings is 1. The van der Waals surface area contributed by atoms with Crippen LogP contribution in [0.3, 0.4) is 0 Å². The molecule has 0 saturated heterocycles. The first-order chi connectivity index (χ1) is 5.15. The van der Waals surface area contributed by atoms with E-state index in [0.717, 1.165) is 0 Å². The maximum Gasteiger partial charge on any atom is 0.185 e. The molecule has 0 atom stereocenters. The third-order valence-electron chi connectivity index (χ3n) is 1.37. The number of halogens is 1. The van der Waals surface area contributed by atoms with Crippen molar-refractivity contribution in [1.82, 2.24) is 0 Å². The number of carbonyl (C=O) groups is 1. The molecule has 0 radical (unpaired) electrons. The van der Waals surface area contributed by atoms with Crippen LogP contribution in [-0.2, 0) is 0 Å². The van der Waals surface area contributed by atoms with Crippen molar-refractivity contribution >= 4 is 17.9 Å². The molecule has 2 nitrogen and oxygen atoms in total. The highest BCUT2D eigenvalue weighted by Gasteiger charge is 2.11. The molecule has 0 unspecified atom stereocenters. The van der Waals surface area contributed by atoms with Gasteiger partial charge in [0, 0.05) is 12.0 Å². The third kappa shape index (κ3) is 1.63. The van der Waals surface area contributed by atoms with Gasteiger partial charge in [0.05, 0.1) is 5.02 Å². The summed E-state index contributed by atoms with van der Waals surface area (Å²) < 4.78 is 5.12. The van der Waals surface area contributed by atoms with Crippen LogP contribution in [0.15, 0.2) is 10.5 Å². The van der Waals surface area contributed by atoms with Gasteiger partial charge in [-0.05, 0) is 0 Å². The highest BCUT2D eigenvalue weighted by Crippen LogP contribution is 2.26. The number of aldehydes is 1. The van der Waals surface area contributed by atoms with Crippen molar-refractivity contribution in [1.29, 1.82) is 0 Å². The van der Waals surface area contributed by atoms with Crippen LogP contribution in [-0.4, -0.2) is 6.29 Å². The summed E-state index contributed by atoms with van der Waals surface area (Å²) in [7, 11) is 0. The molecule has 3 heteroatoms. The zero-order chi connectivity index (χ0) is 8.43. The summed E-state index contributed by atoms with van der Waals surface area (Å²) in [6.45, 7) is 3.92. The first-order valence-corrected chi connectivity index (χ1v) is 3.77. The fourth-order valence-corrected chi connectivity index (χ4v) is 1.22. The van der Waals surface area contributed by atoms with E-state index >= 15 is 0 Å². The van der Waals surface area contributed by atoms with E-state index in [2.05, 4.69) is 0 Å². The van der Waals surface area contributed by atoms with Gasteiger partial charge in [0.2, 0.25) is 0 Å². The Bertz CT molecular complexity index is 263. The van der Waals surface area contributed by atoms with Crippen molar-refractivity contribution in [3.8, 4) is 0 Å². The SMILES string of the molecule is CC(C)c1oc(C=O)cc1Cl. The highest BCUT2D eigenvalue weighted by atomic mass is 35.5. The minimum Gasteiger partial charge on any atom is -0.456 e. The summed E-state index contributed by atoms with van der Waals surface area (Å²) in [5.74, 6) is 1.18. The van der Waals surface area contributed by atoms with Gasteiger partial charge in [-0.1, -0.05) is 25.4 Å². The minimum atomic E-state index is 0.219. The normalized spacial score (nSPS) is 10.5. The molecule has 1 rings (SSSR count). The second-order valence-corrected chi connectivity index (χ2v) is 3.04. The average molecular weight is 173 g/mol. The van der Waals surface area contributed by atoms with Gasteiger partial charge >= 0.3 is 0 Å². The molecule has 0 bridgehead atoms. The van der Waals surface area contributed by atoms with Crippen LogP contribution < -0.4 is 0 Å². The fourth-order valence-electron chi connectivity index (χ4n) is 0.853. The maximum atomic E-state index is 10.2. The number of hydrogen-bond acceptors (Lipinski definition) is 2. The standard InChI is InChI=1S/C8H9ClO2/c1-5(2)8-7(9)3-6(4-10)11-8/h3-5H,1-2H3. The fraction of sp³-hybridized carbons (Fsp3) is 0.375. The summed E-state index contributed by atoms with van der Waals surface area (Å²) in [6.07, 6.45) is 0.651. The van der Waals surface area contributed by atoms with E-state index in [-0.39, 0.29) is 5.92 Å². The zero-order valence-electron chi connectivity index (χ0n) is 6.43. The van der Waals surface area contributed by atoms with Crippen LogP contribution in [0.2, 0.25) is 5.02 Å². The first-order valence-electron chi connectivity index (χ1n) is 3.39. The molecule has 1 aromatic rings. The average Bonchev–Trinajstić information content (AvgIpc) is 2.30. The molecule has 0 N–H and O–H groups in total. The predicted octanol–water partition coefficient (Wildman–Crippen LogP) is 2.87. The Morgan fingerprint density at radius 3 is 2.55 bits per heavy atom. The van der Waals surface area contributed by atoms with Gasteiger partial charge in [0.1, 0.15) is 5.76 Å². The Morgan fingerprint density at radius 1 is 1.64 bits per heavy atom. The lowest BCUT2D eigenvalue weighted by atomic mass is 10.2. The Hall–Kier alpha value is -0.760. The van der Waals surface area contributed by atoms with Gasteiger partial charge in [-0.15, -0.1) is 0 Å². The van der Waals surface area contributed by atoms with Crippen molar-refractivity contribution in [2.75, 3.05) is 0 Å². The van der Waals surface area contributed by atoms with E-state index in [1.807, 2.05) is 13.8 Å². The molecule has 0 amide bonds.